The molecule has 144 valence electrons. The number of carbonyl (C=O) groups is 3. The van der Waals surface area contributed by atoms with Gasteiger partial charge in [-0.25, -0.2) is 0 Å². The Balaban J connectivity index is 1.69. The minimum absolute atomic E-state index is 0.239. The molecule has 0 saturated heterocycles. The summed E-state index contributed by atoms with van der Waals surface area (Å²) in [7, 11) is 0. The van der Waals surface area contributed by atoms with E-state index in [1.54, 1.807) is 66.7 Å². The molecule has 3 rings (SSSR count). The van der Waals surface area contributed by atoms with Crippen molar-refractivity contribution in [1.29, 1.82) is 0 Å². The van der Waals surface area contributed by atoms with Gasteiger partial charge in [0.05, 0.1) is 11.7 Å². The number of amides is 2. The number of carbonyl (C=O) groups excluding carboxylic acids is 3. The highest BCUT2D eigenvalue weighted by Gasteiger charge is 2.10. The van der Waals surface area contributed by atoms with Crippen LogP contribution in [-0.4, -0.2) is 17.8 Å². The van der Waals surface area contributed by atoms with Gasteiger partial charge in [0.2, 0.25) is 0 Å². The Kier molecular flexibility index (Phi) is 6.17. The van der Waals surface area contributed by atoms with Gasteiger partial charge in [0.15, 0.2) is 0 Å². The molecule has 0 aliphatic rings. The Morgan fingerprint density at radius 3 is 1.83 bits per heavy atom. The molecule has 0 spiro atoms. The highest BCUT2D eigenvalue weighted by atomic mass is 16.4. The fourth-order valence-electron chi connectivity index (χ4n) is 2.55. The van der Waals surface area contributed by atoms with E-state index in [0.717, 1.165) is 0 Å². The van der Waals surface area contributed by atoms with Crippen molar-refractivity contribution in [3.05, 3.63) is 107 Å². The van der Waals surface area contributed by atoms with E-state index in [1.807, 2.05) is 6.07 Å². The molecule has 0 atom stereocenters. The zero-order valence-corrected chi connectivity index (χ0v) is 15.3. The van der Waals surface area contributed by atoms with Crippen molar-refractivity contribution in [2.75, 3.05) is 5.32 Å². The van der Waals surface area contributed by atoms with E-state index >= 15 is 0 Å². The number of carboxylic acids is 1. The first-order chi connectivity index (χ1) is 14.0. The zero-order valence-electron chi connectivity index (χ0n) is 15.3. The predicted molar refractivity (Wildman–Crippen MR) is 108 cm³/mol. The normalized spacial score (nSPS) is 10.8. The summed E-state index contributed by atoms with van der Waals surface area (Å²) in [5, 5.41) is 16.4. The van der Waals surface area contributed by atoms with E-state index in [0.29, 0.717) is 16.8 Å². The molecule has 6 heteroatoms. The van der Waals surface area contributed by atoms with Crippen LogP contribution in [0, 0.1) is 0 Å². The lowest BCUT2D eigenvalue weighted by molar-refractivity contribution is -0.299. The van der Waals surface area contributed by atoms with Gasteiger partial charge in [-0.15, -0.1) is 0 Å². The minimum Gasteiger partial charge on any atom is -0.543 e. The fraction of sp³-hybridized carbons (Fsp3) is 0. The summed E-state index contributed by atoms with van der Waals surface area (Å²) in [6, 6.07) is 23.6. The summed E-state index contributed by atoms with van der Waals surface area (Å²) in [6.45, 7) is 0. The monoisotopic (exact) mass is 385 g/mol. The molecule has 0 radical (unpaired) electrons. The Morgan fingerprint density at radius 2 is 1.24 bits per heavy atom. The van der Waals surface area contributed by atoms with Crippen LogP contribution < -0.4 is 15.7 Å². The minimum atomic E-state index is -1.49. The summed E-state index contributed by atoms with van der Waals surface area (Å²) in [6.07, 6.45) is 1.32. The fourth-order valence-corrected chi connectivity index (χ4v) is 2.55. The first kappa shape index (κ1) is 19.6. The lowest BCUT2D eigenvalue weighted by Crippen LogP contribution is -2.35. The Morgan fingerprint density at radius 1 is 0.690 bits per heavy atom. The molecule has 3 aromatic rings. The Bertz CT molecular complexity index is 1040. The number of benzene rings is 3. The van der Waals surface area contributed by atoms with Crippen LogP contribution in [-0.2, 0) is 4.79 Å². The van der Waals surface area contributed by atoms with E-state index in [2.05, 4.69) is 10.6 Å². The second-order valence-electron chi connectivity index (χ2n) is 6.11. The van der Waals surface area contributed by atoms with E-state index in [-0.39, 0.29) is 17.2 Å². The maximum Gasteiger partial charge on any atom is 0.255 e. The lowest BCUT2D eigenvalue weighted by atomic mass is 10.1. The van der Waals surface area contributed by atoms with E-state index in [4.69, 9.17) is 0 Å². The van der Waals surface area contributed by atoms with Crippen molar-refractivity contribution < 1.29 is 19.5 Å². The van der Waals surface area contributed by atoms with Crippen LogP contribution in [0.25, 0.3) is 6.08 Å². The summed E-state index contributed by atoms with van der Waals surface area (Å²) in [5.41, 5.74) is 1.53. The van der Waals surface area contributed by atoms with Crippen molar-refractivity contribution in [3.63, 3.8) is 0 Å². The second-order valence-corrected chi connectivity index (χ2v) is 6.11. The van der Waals surface area contributed by atoms with Crippen molar-refractivity contribution >= 4 is 29.5 Å². The summed E-state index contributed by atoms with van der Waals surface area (Å²) in [4.78, 5) is 35.9. The predicted octanol–water partition coefficient (Wildman–Crippen LogP) is 2.46. The van der Waals surface area contributed by atoms with Crippen LogP contribution in [0.4, 0.5) is 5.69 Å². The van der Waals surface area contributed by atoms with Crippen LogP contribution in [0.3, 0.4) is 0 Å². The highest BCUT2D eigenvalue weighted by Crippen LogP contribution is 2.12. The SMILES string of the molecule is O=C([O-])/C(=C/c1ccccc1)NC(=O)c1ccc(NC(=O)c2ccccc2)cc1. The van der Waals surface area contributed by atoms with Gasteiger partial charge in [-0.3, -0.25) is 9.59 Å². The van der Waals surface area contributed by atoms with Gasteiger partial charge in [0.25, 0.3) is 11.8 Å². The van der Waals surface area contributed by atoms with Crippen molar-refractivity contribution in [2.24, 2.45) is 0 Å². The van der Waals surface area contributed by atoms with Crippen LogP contribution in [0.1, 0.15) is 26.3 Å². The number of anilines is 1. The largest absolute Gasteiger partial charge is 0.543 e. The maximum atomic E-state index is 12.4. The molecule has 0 aliphatic carbocycles. The third-order valence-electron chi connectivity index (χ3n) is 4.02. The van der Waals surface area contributed by atoms with Crippen LogP contribution in [0.15, 0.2) is 90.6 Å². The third kappa shape index (κ3) is 5.40. The Hall–Kier alpha value is -4.19. The van der Waals surface area contributed by atoms with E-state index < -0.39 is 11.9 Å². The molecule has 0 heterocycles. The average molecular weight is 385 g/mol. The molecule has 2 N–H and O–H groups in total. The molecular weight excluding hydrogens is 368 g/mol. The molecule has 0 fully saturated rings. The number of hydrogen-bond donors (Lipinski definition) is 2. The number of carboxylic acid groups (broad SMARTS) is 1. The molecule has 0 unspecified atom stereocenters. The van der Waals surface area contributed by atoms with Gasteiger partial charge >= 0.3 is 0 Å². The topological polar surface area (TPSA) is 98.3 Å². The van der Waals surface area contributed by atoms with Gasteiger partial charge < -0.3 is 20.5 Å². The van der Waals surface area contributed by atoms with Crippen molar-refractivity contribution in [1.82, 2.24) is 5.32 Å². The zero-order chi connectivity index (χ0) is 20.6. The Labute approximate surface area is 167 Å². The molecule has 0 aliphatic heterocycles. The van der Waals surface area contributed by atoms with Gasteiger partial charge in [-0.2, -0.15) is 0 Å². The second kappa shape index (κ2) is 9.14. The molecule has 6 nitrogen and oxygen atoms in total. The van der Waals surface area contributed by atoms with Crippen molar-refractivity contribution in [2.45, 2.75) is 0 Å². The molecule has 2 amide bonds. The highest BCUT2D eigenvalue weighted by molar-refractivity contribution is 6.05. The van der Waals surface area contributed by atoms with Crippen molar-refractivity contribution in [3.8, 4) is 0 Å². The van der Waals surface area contributed by atoms with Crippen LogP contribution >= 0.6 is 0 Å². The quantitative estimate of drug-likeness (QED) is 0.637. The van der Waals surface area contributed by atoms with E-state index in [1.165, 1.54) is 18.2 Å². The number of aliphatic carboxylic acids is 1. The van der Waals surface area contributed by atoms with Crippen LogP contribution in [0.2, 0.25) is 0 Å². The standard InChI is InChI=1S/C23H18N2O4/c26-21(17-9-5-2-6-10-17)24-19-13-11-18(12-14-19)22(27)25-20(23(28)29)15-16-7-3-1-4-8-16/h1-15H,(H,24,26)(H,25,27)(H,28,29)/p-1/b20-15-. The summed E-state index contributed by atoms with van der Waals surface area (Å²) in [5.74, 6) is -2.36. The van der Waals surface area contributed by atoms with E-state index in [9.17, 15) is 19.5 Å². The summed E-state index contributed by atoms with van der Waals surface area (Å²) < 4.78 is 0. The van der Waals surface area contributed by atoms with Gasteiger partial charge in [-0.05, 0) is 48.0 Å². The first-order valence-electron chi connectivity index (χ1n) is 8.79. The first-order valence-corrected chi connectivity index (χ1v) is 8.79. The van der Waals surface area contributed by atoms with Gasteiger partial charge in [0.1, 0.15) is 0 Å². The molecule has 3 aromatic carbocycles. The molecular formula is C23H17N2O4-. The van der Waals surface area contributed by atoms with Gasteiger partial charge in [0, 0.05) is 16.8 Å². The molecule has 29 heavy (non-hydrogen) atoms. The third-order valence-corrected chi connectivity index (χ3v) is 4.02. The number of hydrogen-bond acceptors (Lipinski definition) is 4. The number of nitrogens with one attached hydrogen (secondary N) is 2. The van der Waals surface area contributed by atoms with Gasteiger partial charge in [-0.1, -0.05) is 48.5 Å². The van der Waals surface area contributed by atoms with Crippen LogP contribution in [0.5, 0.6) is 0 Å². The average Bonchev–Trinajstić information content (AvgIpc) is 2.75. The lowest BCUT2D eigenvalue weighted by Gasteiger charge is -2.12. The number of rotatable bonds is 6. The maximum absolute atomic E-state index is 12.4. The molecule has 0 bridgehead atoms. The smallest absolute Gasteiger partial charge is 0.255 e. The molecule has 0 saturated carbocycles. The summed E-state index contributed by atoms with van der Waals surface area (Å²) >= 11 is 0. The molecule has 0 aromatic heterocycles.